The molecule has 0 saturated heterocycles. The molecule has 0 spiro atoms. The van der Waals surface area contributed by atoms with Gasteiger partial charge < -0.3 is 5.32 Å². The fraction of sp³-hybridized carbons (Fsp3) is 0.400. The zero-order valence-corrected chi connectivity index (χ0v) is 7.81. The number of rotatable bonds is 3. The minimum absolute atomic E-state index is 0.0269. The van der Waals surface area contributed by atoms with Gasteiger partial charge >= 0.3 is 6.18 Å². The summed E-state index contributed by atoms with van der Waals surface area (Å²) in [5.74, 6) is 0. The first-order valence-corrected chi connectivity index (χ1v) is 4.32. The maximum atomic E-state index is 12.3. The Balaban J connectivity index is 2.67. The highest BCUT2D eigenvalue weighted by atomic mass is 19.4. The first-order chi connectivity index (χ1) is 6.54. The van der Waals surface area contributed by atoms with Crippen LogP contribution in [0.3, 0.4) is 0 Å². The van der Waals surface area contributed by atoms with Crippen molar-refractivity contribution in [2.75, 3.05) is 7.05 Å². The largest absolute Gasteiger partial charge is 0.404 e. The molecule has 0 amide bonds. The van der Waals surface area contributed by atoms with E-state index in [0.29, 0.717) is 5.56 Å². The molecular formula is C10H12F3N. The van der Waals surface area contributed by atoms with Crippen molar-refractivity contribution in [3.05, 3.63) is 35.9 Å². The number of alkyl halides is 3. The zero-order valence-electron chi connectivity index (χ0n) is 7.81. The van der Waals surface area contributed by atoms with Crippen molar-refractivity contribution in [3.63, 3.8) is 0 Å². The zero-order chi connectivity index (χ0) is 10.6. The summed E-state index contributed by atoms with van der Waals surface area (Å²) in [6.45, 7) is 0. The van der Waals surface area contributed by atoms with Crippen molar-refractivity contribution in [1.82, 2.24) is 5.32 Å². The van der Waals surface area contributed by atoms with Gasteiger partial charge in [0.1, 0.15) is 6.04 Å². The molecule has 78 valence electrons. The molecule has 1 rings (SSSR count). The molecule has 0 aliphatic rings. The molecule has 1 atom stereocenters. The van der Waals surface area contributed by atoms with Crippen LogP contribution in [-0.4, -0.2) is 19.3 Å². The second-order valence-electron chi connectivity index (χ2n) is 3.07. The third-order valence-electron chi connectivity index (χ3n) is 2.03. The van der Waals surface area contributed by atoms with E-state index in [9.17, 15) is 13.2 Å². The van der Waals surface area contributed by atoms with Crippen LogP contribution < -0.4 is 5.32 Å². The van der Waals surface area contributed by atoms with E-state index >= 15 is 0 Å². The molecular weight excluding hydrogens is 191 g/mol. The average Bonchev–Trinajstić information content (AvgIpc) is 2.14. The lowest BCUT2D eigenvalue weighted by molar-refractivity contribution is -0.154. The summed E-state index contributed by atoms with van der Waals surface area (Å²) in [5, 5.41) is 2.27. The van der Waals surface area contributed by atoms with Gasteiger partial charge in [0.15, 0.2) is 0 Å². The molecule has 0 radical (unpaired) electrons. The molecule has 1 aromatic carbocycles. The van der Waals surface area contributed by atoms with Crippen molar-refractivity contribution < 1.29 is 13.2 Å². The summed E-state index contributed by atoms with van der Waals surface area (Å²) in [6, 6.07) is 7.17. The topological polar surface area (TPSA) is 12.0 Å². The number of halogens is 3. The highest BCUT2D eigenvalue weighted by Gasteiger charge is 2.38. The SMILES string of the molecule is CN[C@@H](Cc1ccccc1)C(F)(F)F. The van der Waals surface area contributed by atoms with Crippen LogP contribution >= 0.6 is 0 Å². The van der Waals surface area contributed by atoms with Crippen molar-refractivity contribution in [3.8, 4) is 0 Å². The molecule has 1 nitrogen and oxygen atoms in total. The highest BCUT2D eigenvalue weighted by molar-refractivity contribution is 5.16. The molecule has 0 aliphatic heterocycles. The third kappa shape index (κ3) is 3.03. The van der Waals surface area contributed by atoms with Gasteiger partial charge in [-0.25, -0.2) is 0 Å². The van der Waals surface area contributed by atoms with Crippen LogP contribution in [0.4, 0.5) is 13.2 Å². The number of benzene rings is 1. The van der Waals surface area contributed by atoms with Crippen LogP contribution in [0.25, 0.3) is 0 Å². The van der Waals surface area contributed by atoms with Crippen molar-refractivity contribution in [2.45, 2.75) is 18.6 Å². The van der Waals surface area contributed by atoms with E-state index in [2.05, 4.69) is 5.32 Å². The van der Waals surface area contributed by atoms with Crippen LogP contribution in [0, 0.1) is 0 Å². The number of hydrogen-bond donors (Lipinski definition) is 1. The van der Waals surface area contributed by atoms with E-state index in [1.54, 1.807) is 30.3 Å². The van der Waals surface area contributed by atoms with Crippen molar-refractivity contribution >= 4 is 0 Å². The van der Waals surface area contributed by atoms with E-state index in [-0.39, 0.29) is 6.42 Å². The van der Waals surface area contributed by atoms with Crippen LogP contribution in [-0.2, 0) is 6.42 Å². The summed E-state index contributed by atoms with van der Waals surface area (Å²) in [6.07, 6.45) is -4.22. The Bertz CT molecular complexity index is 268. The molecule has 0 aliphatic carbocycles. The van der Waals surface area contributed by atoms with E-state index < -0.39 is 12.2 Å². The first kappa shape index (κ1) is 11.0. The molecule has 0 bridgehead atoms. The Hall–Kier alpha value is -1.03. The molecule has 0 saturated carbocycles. The molecule has 1 N–H and O–H groups in total. The van der Waals surface area contributed by atoms with Gasteiger partial charge in [-0.1, -0.05) is 30.3 Å². The molecule has 0 fully saturated rings. The fourth-order valence-corrected chi connectivity index (χ4v) is 1.23. The maximum absolute atomic E-state index is 12.3. The summed E-state index contributed by atoms with van der Waals surface area (Å²) in [7, 11) is 1.32. The van der Waals surface area contributed by atoms with Gasteiger partial charge in [-0.05, 0) is 19.0 Å². The molecule has 0 heterocycles. The molecule has 0 unspecified atom stereocenters. The summed E-state index contributed by atoms with van der Waals surface area (Å²) < 4.78 is 37.0. The van der Waals surface area contributed by atoms with E-state index in [1.807, 2.05) is 0 Å². The van der Waals surface area contributed by atoms with Gasteiger partial charge in [0.05, 0.1) is 0 Å². The van der Waals surface area contributed by atoms with Gasteiger partial charge in [-0.3, -0.25) is 0 Å². The standard InChI is InChI=1S/C10H12F3N/c1-14-9(10(11,12)13)7-8-5-3-2-4-6-8/h2-6,9,14H,7H2,1H3/t9-/m0/s1. The van der Waals surface area contributed by atoms with E-state index in [4.69, 9.17) is 0 Å². The molecule has 0 aromatic heterocycles. The highest BCUT2D eigenvalue weighted by Crippen LogP contribution is 2.22. The smallest absolute Gasteiger partial charge is 0.309 e. The monoisotopic (exact) mass is 203 g/mol. The normalized spacial score (nSPS) is 14.0. The fourth-order valence-electron chi connectivity index (χ4n) is 1.23. The number of likely N-dealkylation sites (N-methyl/N-ethyl adjacent to an activating group) is 1. The van der Waals surface area contributed by atoms with Gasteiger partial charge in [-0.2, -0.15) is 13.2 Å². The minimum Gasteiger partial charge on any atom is -0.309 e. The predicted molar refractivity (Wildman–Crippen MR) is 49.0 cm³/mol. The number of hydrogen-bond acceptors (Lipinski definition) is 1. The lowest BCUT2D eigenvalue weighted by Gasteiger charge is -2.19. The van der Waals surface area contributed by atoms with Crippen molar-refractivity contribution in [2.24, 2.45) is 0 Å². The predicted octanol–water partition coefficient (Wildman–Crippen LogP) is 2.38. The average molecular weight is 203 g/mol. The summed E-state index contributed by atoms with van der Waals surface area (Å²) in [5.41, 5.74) is 0.684. The van der Waals surface area contributed by atoms with Crippen LogP contribution in [0.15, 0.2) is 30.3 Å². The Morgan fingerprint density at radius 3 is 2.21 bits per heavy atom. The summed E-state index contributed by atoms with van der Waals surface area (Å²) in [4.78, 5) is 0. The third-order valence-corrected chi connectivity index (χ3v) is 2.03. The van der Waals surface area contributed by atoms with Crippen LogP contribution in [0.5, 0.6) is 0 Å². The summed E-state index contributed by atoms with van der Waals surface area (Å²) >= 11 is 0. The lowest BCUT2D eigenvalue weighted by Crippen LogP contribution is -2.41. The van der Waals surface area contributed by atoms with Gasteiger partial charge in [-0.15, -0.1) is 0 Å². The minimum atomic E-state index is -4.19. The van der Waals surface area contributed by atoms with E-state index in [0.717, 1.165) is 0 Å². The molecule has 14 heavy (non-hydrogen) atoms. The molecule has 1 aromatic rings. The quantitative estimate of drug-likeness (QED) is 0.795. The van der Waals surface area contributed by atoms with Crippen LogP contribution in [0.2, 0.25) is 0 Å². The Morgan fingerprint density at radius 2 is 1.79 bits per heavy atom. The van der Waals surface area contributed by atoms with Crippen molar-refractivity contribution in [1.29, 1.82) is 0 Å². The second kappa shape index (κ2) is 4.46. The molecule has 4 heteroatoms. The Labute approximate surface area is 80.9 Å². The van der Waals surface area contributed by atoms with Gasteiger partial charge in [0, 0.05) is 0 Å². The number of nitrogens with one attached hydrogen (secondary N) is 1. The van der Waals surface area contributed by atoms with E-state index in [1.165, 1.54) is 7.05 Å². The maximum Gasteiger partial charge on any atom is 0.404 e. The Kier molecular flexibility index (Phi) is 3.52. The van der Waals surface area contributed by atoms with Crippen LogP contribution in [0.1, 0.15) is 5.56 Å². The Morgan fingerprint density at radius 1 is 1.21 bits per heavy atom. The first-order valence-electron chi connectivity index (χ1n) is 4.32. The lowest BCUT2D eigenvalue weighted by atomic mass is 10.1. The van der Waals surface area contributed by atoms with Gasteiger partial charge in [0.2, 0.25) is 0 Å². The second-order valence-corrected chi connectivity index (χ2v) is 3.07. The van der Waals surface area contributed by atoms with Gasteiger partial charge in [0.25, 0.3) is 0 Å².